The minimum absolute atomic E-state index is 0. The fourth-order valence-electron chi connectivity index (χ4n) is 2.22. The number of phenolic OH excluding ortho intramolecular Hbond substituents is 2. The Hall–Kier alpha value is -1.01. The predicted molar refractivity (Wildman–Crippen MR) is 71.3 cm³/mol. The van der Waals surface area contributed by atoms with Gasteiger partial charge >= 0.3 is 0 Å². The first-order chi connectivity index (χ1) is 8.22. The number of aliphatic hydroxyl groups is 1. The highest BCUT2D eigenvalue weighted by atomic mass is 35.5. The SMILES string of the molecule is Cl.OC[C@H](c1ccc(O)cc1O)N1CCNCC1. The van der Waals surface area contributed by atoms with E-state index >= 15 is 0 Å². The Bertz CT molecular complexity index is 384. The summed E-state index contributed by atoms with van der Waals surface area (Å²) in [5.74, 6) is 0.0610. The minimum atomic E-state index is -0.210. The molecule has 1 heterocycles. The molecule has 1 saturated heterocycles. The lowest BCUT2D eigenvalue weighted by Gasteiger charge is -2.34. The number of piperazine rings is 1. The van der Waals surface area contributed by atoms with Gasteiger partial charge < -0.3 is 20.6 Å². The van der Waals surface area contributed by atoms with E-state index in [9.17, 15) is 15.3 Å². The van der Waals surface area contributed by atoms with Crippen LogP contribution < -0.4 is 5.32 Å². The van der Waals surface area contributed by atoms with Crippen molar-refractivity contribution in [2.75, 3.05) is 32.8 Å². The van der Waals surface area contributed by atoms with Crippen LogP contribution in [-0.2, 0) is 0 Å². The molecule has 18 heavy (non-hydrogen) atoms. The van der Waals surface area contributed by atoms with Crippen molar-refractivity contribution < 1.29 is 15.3 Å². The van der Waals surface area contributed by atoms with Gasteiger partial charge in [-0.1, -0.05) is 0 Å². The molecule has 0 spiro atoms. The number of nitrogens with zero attached hydrogens (tertiary/aromatic N) is 1. The van der Waals surface area contributed by atoms with Crippen LogP contribution in [0.3, 0.4) is 0 Å². The average molecular weight is 275 g/mol. The van der Waals surface area contributed by atoms with Crippen molar-refractivity contribution in [3.8, 4) is 11.5 Å². The third-order valence-electron chi connectivity index (χ3n) is 3.14. The third kappa shape index (κ3) is 3.26. The Balaban J connectivity index is 0.00000162. The summed E-state index contributed by atoms with van der Waals surface area (Å²) in [6.07, 6.45) is 0. The van der Waals surface area contributed by atoms with Gasteiger partial charge in [-0.15, -0.1) is 12.4 Å². The number of hydrogen-bond donors (Lipinski definition) is 4. The van der Waals surface area contributed by atoms with E-state index in [-0.39, 0.29) is 36.6 Å². The maximum absolute atomic E-state index is 9.81. The minimum Gasteiger partial charge on any atom is -0.508 e. The van der Waals surface area contributed by atoms with E-state index < -0.39 is 0 Å². The maximum Gasteiger partial charge on any atom is 0.124 e. The highest BCUT2D eigenvalue weighted by molar-refractivity contribution is 5.85. The molecular formula is C12H19ClN2O3. The van der Waals surface area contributed by atoms with Gasteiger partial charge in [0.25, 0.3) is 0 Å². The number of aliphatic hydroxyl groups excluding tert-OH is 1. The Kier molecular flexibility index (Phi) is 5.68. The van der Waals surface area contributed by atoms with Crippen LogP contribution in [0, 0.1) is 0 Å². The van der Waals surface area contributed by atoms with Gasteiger partial charge in [-0.25, -0.2) is 0 Å². The van der Waals surface area contributed by atoms with Crippen molar-refractivity contribution in [2.24, 2.45) is 0 Å². The fourth-order valence-corrected chi connectivity index (χ4v) is 2.22. The molecule has 0 amide bonds. The molecule has 0 aliphatic carbocycles. The van der Waals surface area contributed by atoms with Gasteiger partial charge in [0.2, 0.25) is 0 Å². The van der Waals surface area contributed by atoms with Crippen LogP contribution in [0.5, 0.6) is 11.5 Å². The fraction of sp³-hybridized carbons (Fsp3) is 0.500. The smallest absolute Gasteiger partial charge is 0.124 e. The van der Waals surface area contributed by atoms with Crippen molar-refractivity contribution in [1.29, 1.82) is 0 Å². The van der Waals surface area contributed by atoms with Gasteiger partial charge in [0.05, 0.1) is 12.6 Å². The number of phenols is 2. The highest BCUT2D eigenvalue weighted by Gasteiger charge is 2.23. The lowest BCUT2D eigenvalue weighted by Crippen LogP contribution is -2.46. The molecule has 1 fully saturated rings. The molecule has 2 rings (SSSR count). The molecule has 5 nitrogen and oxygen atoms in total. The van der Waals surface area contributed by atoms with Gasteiger partial charge in [0, 0.05) is 37.8 Å². The molecule has 0 saturated carbocycles. The molecule has 6 heteroatoms. The summed E-state index contributed by atoms with van der Waals surface area (Å²) < 4.78 is 0. The average Bonchev–Trinajstić information content (AvgIpc) is 2.34. The molecule has 0 bridgehead atoms. The van der Waals surface area contributed by atoms with Crippen molar-refractivity contribution in [3.63, 3.8) is 0 Å². The molecule has 4 N–H and O–H groups in total. The van der Waals surface area contributed by atoms with Crippen molar-refractivity contribution in [2.45, 2.75) is 6.04 Å². The highest BCUT2D eigenvalue weighted by Crippen LogP contribution is 2.31. The quantitative estimate of drug-likeness (QED) is 0.644. The number of benzene rings is 1. The normalized spacial score (nSPS) is 18.1. The van der Waals surface area contributed by atoms with Gasteiger partial charge in [-0.05, 0) is 12.1 Å². The largest absolute Gasteiger partial charge is 0.508 e. The summed E-state index contributed by atoms with van der Waals surface area (Å²) in [7, 11) is 0. The van der Waals surface area contributed by atoms with Crippen molar-refractivity contribution in [1.82, 2.24) is 10.2 Å². The van der Waals surface area contributed by atoms with E-state index in [0.29, 0.717) is 5.56 Å². The van der Waals surface area contributed by atoms with E-state index in [1.165, 1.54) is 12.1 Å². The van der Waals surface area contributed by atoms with Gasteiger partial charge in [-0.3, -0.25) is 4.90 Å². The van der Waals surface area contributed by atoms with Crippen LogP contribution >= 0.6 is 12.4 Å². The molecule has 102 valence electrons. The van der Waals surface area contributed by atoms with Gasteiger partial charge in [0.15, 0.2) is 0 Å². The van der Waals surface area contributed by atoms with Crippen molar-refractivity contribution in [3.05, 3.63) is 23.8 Å². The van der Waals surface area contributed by atoms with E-state index in [2.05, 4.69) is 10.2 Å². The Morgan fingerprint density at radius 1 is 1.22 bits per heavy atom. The van der Waals surface area contributed by atoms with Crippen LogP contribution in [0.15, 0.2) is 18.2 Å². The zero-order valence-electron chi connectivity index (χ0n) is 10.0. The summed E-state index contributed by atoms with van der Waals surface area (Å²) in [5, 5.41) is 31.8. The molecular weight excluding hydrogens is 256 g/mol. The van der Waals surface area contributed by atoms with Crippen LogP contribution in [0.1, 0.15) is 11.6 Å². The molecule has 1 aliphatic rings. The summed E-state index contributed by atoms with van der Waals surface area (Å²) in [6.45, 7) is 3.40. The molecule has 1 aliphatic heterocycles. The van der Waals surface area contributed by atoms with Crippen molar-refractivity contribution >= 4 is 12.4 Å². The van der Waals surface area contributed by atoms with Crippen LogP contribution in [-0.4, -0.2) is 53.0 Å². The Labute approximate surface area is 112 Å². The predicted octanol–water partition coefficient (Wildman–Crippen LogP) is 0.458. The topological polar surface area (TPSA) is 76.0 Å². The molecule has 1 aromatic rings. The molecule has 0 aromatic heterocycles. The Morgan fingerprint density at radius 2 is 1.89 bits per heavy atom. The van der Waals surface area contributed by atoms with E-state index in [1.54, 1.807) is 6.07 Å². The van der Waals surface area contributed by atoms with Crippen LogP contribution in [0.25, 0.3) is 0 Å². The van der Waals surface area contributed by atoms with Crippen LogP contribution in [0.4, 0.5) is 0 Å². The number of halogens is 1. The first-order valence-corrected chi connectivity index (χ1v) is 5.80. The summed E-state index contributed by atoms with van der Waals surface area (Å²) >= 11 is 0. The molecule has 0 unspecified atom stereocenters. The van der Waals surface area contributed by atoms with E-state index in [1.807, 2.05) is 0 Å². The van der Waals surface area contributed by atoms with Crippen LogP contribution in [0.2, 0.25) is 0 Å². The molecule has 0 radical (unpaired) electrons. The second-order valence-electron chi connectivity index (χ2n) is 4.23. The summed E-state index contributed by atoms with van der Waals surface area (Å²) in [6, 6.07) is 4.28. The number of aromatic hydroxyl groups is 2. The Morgan fingerprint density at radius 3 is 2.44 bits per heavy atom. The first kappa shape index (κ1) is 15.0. The summed E-state index contributed by atoms with van der Waals surface area (Å²) in [4.78, 5) is 2.13. The molecule has 1 aromatic carbocycles. The van der Waals surface area contributed by atoms with E-state index in [4.69, 9.17) is 0 Å². The number of hydrogen-bond acceptors (Lipinski definition) is 5. The lowest BCUT2D eigenvalue weighted by molar-refractivity contribution is 0.109. The van der Waals surface area contributed by atoms with E-state index in [0.717, 1.165) is 26.2 Å². The second kappa shape index (κ2) is 6.80. The zero-order chi connectivity index (χ0) is 12.3. The maximum atomic E-state index is 9.81. The van der Waals surface area contributed by atoms with Gasteiger partial charge in [-0.2, -0.15) is 0 Å². The zero-order valence-corrected chi connectivity index (χ0v) is 10.9. The number of nitrogens with one attached hydrogen (secondary N) is 1. The monoisotopic (exact) mass is 274 g/mol. The third-order valence-corrected chi connectivity index (χ3v) is 3.14. The second-order valence-corrected chi connectivity index (χ2v) is 4.23. The number of rotatable bonds is 3. The first-order valence-electron chi connectivity index (χ1n) is 5.80. The van der Waals surface area contributed by atoms with Gasteiger partial charge in [0.1, 0.15) is 11.5 Å². The summed E-state index contributed by atoms with van der Waals surface area (Å²) in [5.41, 5.74) is 0.659. The molecule has 1 atom stereocenters. The standard InChI is InChI=1S/C12H18N2O3.ClH/c15-8-11(14-5-3-13-4-6-14)10-2-1-9(16)7-12(10)17;/h1-2,7,11,13,15-17H,3-6,8H2;1H/t11-;/m1./s1. The lowest BCUT2D eigenvalue weighted by atomic mass is 10.0.